The lowest BCUT2D eigenvalue weighted by Crippen LogP contribution is -2.09. The molecule has 0 aliphatic rings. The number of aromatic amines is 1. The third-order valence-corrected chi connectivity index (χ3v) is 4.85. The van der Waals surface area contributed by atoms with Crippen LogP contribution < -0.4 is 10.1 Å². The van der Waals surface area contributed by atoms with Gasteiger partial charge in [0.2, 0.25) is 0 Å². The molecule has 6 nitrogen and oxygen atoms in total. The van der Waals surface area contributed by atoms with Gasteiger partial charge < -0.3 is 20.1 Å². The van der Waals surface area contributed by atoms with Gasteiger partial charge in [0.25, 0.3) is 0 Å². The number of aromatic nitrogens is 2. The van der Waals surface area contributed by atoms with Crippen LogP contribution in [0.4, 0.5) is 5.69 Å². The SMILES string of the molecule is COc1ccc2[nH]c(-c3nc4ccc(C(=O)O)cc4cc3NCC(C)C)cc2c1. The fourth-order valence-electron chi connectivity index (χ4n) is 3.33. The van der Waals surface area contributed by atoms with Crippen molar-refractivity contribution in [3.63, 3.8) is 0 Å². The van der Waals surface area contributed by atoms with E-state index in [4.69, 9.17) is 9.72 Å². The molecule has 0 radical (unpaired) electrons. The molecular weight excluding hydrogens is 366 g/mol. The second kappa shape index (κ2) is 7.47. The van der Waals surface area contributed by atoms with Crippen molar-refractivity contribution in [2.24, 2.45) is 5.92 Å². The number of methoxy groups -OCH3 is 1. The van der Waals surface area contributed by atoms with Crippen molar-refractivity contribution in [2.45, 2.75) is 13.8 Å². The monoisotopic (exact) mass is 389 g/mol. The number of pyridine rings is 1. The number of anilines is 1. The van der Waals surface area contributed by atoms with E-state index in [1.807, 2.05) is 24.3 Å². The number of aromatic carboxylic acids is 1. The van der Waals surface area contributed by atoms with Crippen LogP contribution >= 0.6 is 0 Å². The average Bonchev–Trinajstić information content (AvgIpc) is 3.13. The van der Waals surface area contributed by atoms with Gasteiger partial charge in [-0.25, -0.2) is 9.78 Å². The van der Waals surface area contributed by atoms with Crippen molar-refractivity contribution >= 4 is 33.5 Å². The van der Waals surface area contributed by atoms with Gasteiger partial charge in [-0.15, -0.1) is 0 Å². The molecule has 0 saturated carbocycles. The molecular formula is C23H23N3O3. The predicted octanol–water partition coefficient (Wildman–Crippen LogP) is 5.16. The summed E-state index contributed by atoms with van der Waals surface area (Å²) in [6, 6.07) is 14.9. The number of fused-ring (bicyclic) bond motifs is 2. The van der Waals surface area contributed by atoms with Crippen LogP contribution in [0.15, 0.2) is 48.5 Å². The Morgan fingerprint density at radius 3 is 2.69 bits per heavy atom. The minimum atomic E-state index is -0.947. The number of carboxylic acids is 1. The summed E-state index contributed by atoms with van der Waals surface area (Å²) >= 11 is 0. The summed E-state index contributed by atoms with van der Waals surface area (Å²) in [5, 5.41) is 14.6. The number of hydrogen-bond donors (Lipinski definition) is 3. The highest BCUT2D eigenvalue weighted by Crippen LogP contribution is 2.33. The van der Waals surface area contributed by atoms with Crippen LogP contribution in [-0.4, -0.2) is 34.7 Å². The number of hydrogen-bond acceptors (Lipinski definition) is 4. The van der Waals surface area contributed by atoms with Crippen molar-refractivity contribution in [1.82, 2.24) is 9.97 Å². The Hall–Kier alpha value is -3.54. The van der Waals surface area contributed by atoms with Crippen molar-refractivity contribution in [1.29, 1.82) is 0 Å². The van der Waals surface area contributed by atoms with Gasteiger partial charge >= 0.3 is 5.97 Å². The van der Waals surface area contributed by atoms with E-state index < -0.39 is 5.97 Å². The zero-order chi connectivity index (χ0) is 20.5. The Morgan fingerprint density at radius 2 is 1.97 bits per heavy atom. The molecule has 29 heavy (non-hydrogen) atoms. The highest BCUT2D eigenvalue weighted by Gasteiger charge is 2.14. The third kappa shape index (κ3) is 3.74. The van der Waals surface area contributed by atoms with Crippen molar-refractivity contribution in [3.05, 3.63) is 54.1 Å². The molecule has 0 atom stereocenters. The summed E-state index contributed by atoms with van der Waals surface area (Å²) in [6.07, 6.45) is 0. The molecule has 2 heterocycles. The first-order valence-corrected chi connectivity index (χ1v) is 9.53. The number of benzene rings is 2. The number of H-pyrrole nitrogens is 1. The van der Waals surface area contributed by atoms with E-state index in [2.05, 4.69) is 30.2 Å². The van der Waals surface area contributed by atoms with Gasteiger partial charge in [-0.1, -0.05) is 13.8 Å². The maximum absolute atomic E-state index is 11.3. The van der Waals surface area contributed by atoms with E-state index in [1.165, 1.54) is 0 Å². The zero-order valence-electron chi connectivity index (χ0n) is 16.6. The van der Waals surface area contributed by atoms with Gasteiger partial charge in [-0.3, -0.25) is 0 Å². The lowest BCUT2D eigenvalue weighted by atomic mass is 10.1. The molecule has 4 aromatic rings. The lowest BCUT2D eigenvalue weighted by molar-refractivity contribution is 0.0697. The molecule has 0 spiro atoms. The molecule has 148 valence electrons. The van der Waals surface area contributed by atoms with Gasteiger partial charge in [-0.05, 0) is 54.4 Å². The molecule has 4 rings (SSSR count). The van der Waals surface area contributed by atoms with E-state index in [0.29, 0.717) is 5.92 Å². The van der Waals surface area contributed by atoms with Crippen LogP contribution in [0.3, 0.4) is 0 Å². The van der Waals surface area contributed by atoms with Crippen molar-refractivity contribution < 1.29 is 14.6 Å². The zero-order valence-corrected chi connectivity index (χ0v) is 16.6. The molecule has 0 aliphatic heterocycles. The van der Waals surface area contributed by atoms with Crippen molar-refractivity contribution in [2.75, 3.05) is 19.0 Å². The largest absolute Gasteiger partial charge is 0.497 e. The fourth-order valence-corrected chi connectivity index (χ4v) is 3.33. The number of ether oxygens (including phenoxy) is 1. The fraction of sp³-hybridized carbons (Fsp3) is 0.217. The van der Waals surface area contributed by atoms with Crippen LogP contribution in [0.2, 0.25) is 0 Å². The number of carbonyl (C=O) groups is 1. The maximum atomic E-state index is 11.3. The normalized spacial score (nSPS) is 11.3. The first-order chi connectivity index (χ1) is 13.9. The Morgan fingerprint density at radius 1 is 1.14 bits per heavy atom. The van der Waals surface area contributed by atoms with E-state index >= 15 is 0 Å². The quantitative estimate of drug-likeness (QED) is 0.424. The van der Waals surface area contributed by atoms with Crippen molar-refractivity contribution in [3.8, 4) is 17.1 Å². The summed E-state index contributed by atoms with van der Waals surface area (Å²) < 4.78 is 5.32. The minimum absolute atomic E-state index is 0.250. The van der Waals surface area contributed by atoms with Gasteiger partial charge in [-0.2, -0.15) is 0 Å². The van der Waals surface area contributed by atoms with Crippen LogP contribution in [0.1, 0.15) is 24.2 Å². The van der Waals surface area contributed by atoms with Crippen LogP contribution in [0.25, 0.3) is 33.2 Å². The molecule has 0 aliphatic carbocycles. The number of carboxylic acid groups (broad SMARTS) is 1. The van der Waals surface area contributed by atoms with Gasteiger partial charge in [0.15, 0.2) is 0 Å². The van der Waals surface area contributed by atoms with Crippen LogP contribution in [0.5, 0.6) is 5.75 Å². The second-order valence-corrected chi connectivity index (χ2v) is 7.51. The lowest BCUT2D eigenvalue weighted by Gasteiger charge is -2.14. The first-order valence-electron chi connectivity index (χ1n) is 9.53. The number of nitrogens with zero attached hydrogens (tertiary/aromatic N) is 1. The van der Waals surface area contributed by atoms with Gasteiger partial charge in [0.1, 0.15) is 11.4 Å². The molecule has 0 amide bonds. The second-order valence-electron chi connectivity index (χ2n) is 7.51. The van der Waals surface area contributed by atoms with E-state index in [9.17, 15) is 9.90 Å². The summed E-state index contributed by atoms with van der Waals surface area (Å²) in [5.41, 5.74) is 4.56. The van der Waals surface area contributed by atoms with Crippen LogP contribution in [-0.2, 0) is 0 Å². The minimum Gasteiger partial charge on any atom is -0.497 e. The van der Waals surface area contributed by atoms with Gasteiger partial charge in [0, 0.05) is 22.8 Å². The Balaban J connectivity index is 1.87. The molecule has 0 fully saturated rings. The molecule has 0 bridgehead atoms. The molecule has 2 aromatic carbocycles. The summed E-state index contributed by atoms with van der Waals surface area (Å²) in [5.74, 6) is 0.307. The smallest absolute Gasteiger partial charge is 0.335 e. The highest BCUT2D eigenvalue weighted by molar-refractivity contribution is 5.96. The molecule has 2 aromatic heterocycles. The summed E-state index contributed by atoms with van der Waals surface area (Å²) in [6.45, 7) is 5.06. The highest BCUT2D eigenvalue weighted by atomic mass is 16.5. The number of rotatable bonds is 6. The number of nitrogens with one attached hydrogen (secondary N) is 2. The Bertz CT molecular complexity index is 1210. The molecule has 6 heteroatoms. The van der Waals surface area contributed by atoms with Gasteiger partial charge in [0.05, 0.1) is 29.6 Å². The molecule has 0 saturated heterocycles. The molecule has 0 unspecified atom stereocenters. The van der Waals surface area contributed by atoms with E-state index in [1.54, 1.807) is 25.3 Å². The topological polar surface area (TPSA) is 87.2 Å². The van der Waals surface area contributed by atoms with E-state index in [-0.39, 0.29) is 5.56 Å². The maximum Gasteiger partial charge on any atom is 0.335 e. The first kappa shape index (κ1) is 18.8. The average molecular weight is 389 g/mol. The standard InChI is InChI=1S/C23H23N3O3/c1-13(2)12-24-20-10-15-8-14(23(27)28)4-6-19(15)26-22(20)21-11-16-9-17(29-3)5-7-18(16)25-21/h4-11,13,24-25H,12H2,1-3H3,(H,27,28). The molecule has 3 N–H and O–H groups in total. The van der Waals surface area contributed by atoms with Crippen LogP contribution in [0, 0.1) is 5.92 Å². The Kier molecular flexibility index (Phi) is 4.84. The summed E-state index contributed by atoms with van der Waals surface area (Å²) in [7, 11) is 1.65. The predicted molar refractivity (Wildman–Crippen MR) is 116 cm³/mol. The summed E-state index contributed by atoms with van der Waals surface area (Å²) in [4.78, 5) is 19.6. The van der Waals surface area contributed by atoms with E-state index in [0.717, 1.165) is 51.2 Å². The third-order valence-electron chi connectivity index (χ3n) is 4.85. The Labute approximate surface area is 168 Å².